The van der Waals surface area contributed by atoms with E-state index in [0.717, 1.165) is 11.0 Å². The second-order valence-corrected chi connectivity index (χ2v) is 6.57. The van der Waals surface area contributed by atoms with Crippen LogP contribution in [-0.4, -0.2) is 35.8 Å². The molecule has 1 fully saturated rings. The van der Waals surface area contributed by atoms with Crippen LogP contribution in [-0.2, 0) is 9.59 Å². The number of rotatable bonds is 4. The Balaban J connectivity index is 1.79. The van der Waals surface area contributed by atoms with Crippen LogP contribution in [0.4, 0.5) is 11.4 Å². The van der Waals surface area contributed by atoms with Gasteiger partial charge in [0.05, 0.1) is 29.4 Å². The number of anilines is 1. The highest BCUT2D eigenvalue weighted by atomic mass is 32.1. The zero-order chi connectivity index (χ0) is 21.4. The van der Waals surface area contributed by atoms with Gasteiger partial charge < -0.3 is 14.2 Å². The number of nitro benzene ring substituents is 1. The van der Waals surface area contributed by atoms with Crippen LogP contribution in [0.15, 0.2) is 42.0 Å². The molecule has 2 aromatic carbocycles. The Morgan fingerprint density at radius 1 is 1.23 bits per heavy atom. The number of nitrogens with zero attached hydrogens (tertiary/aromatic N) is 2. The molecule has 2 aromatic rings. The van der Waals surface area contributed by atoms with Crippen molar-refractivity contribution in [3.8, 4) is 17.2 Å². The number of nitro groups is 1. The van der Waals surface area contributed by atoms with E-state index >= 15 is 0 Å². The van der Waals surface area contributed by atoms with Crippen LogP contribution in [0.25, 0.3) is 6.08 Å². The van der Waals surface area contributed by atoms with Crippen LogP contribution in [0, 0.1) is 10.1 Å². The molecule has 2 amide bonds. The smallest absolute Gasteiger partial charge is 0.280 e. The second kappa shape index (κ2) is 7.44. The molecule has 11 heteroatoms. The topological polar surface area (TPSA) is 120 Å². The number of benzene rings is 2. The summed E-state index contributed by atoms with van der Waals surface area (Å²) in [6, 6.07) is 9.06. The number of methoxy groups -OCH3 is 1. The molecule has 2 heterocycles. The third-order valence-electron chi connectivity index (χ3n) is 4.43. The zero-order valence-corrected chi connectivity index (χ0v) is 16.2. The first-order valence-corrected chi connectivity index (χ1v) is 8.93. The minimum atomic E-state index is -0.767. The molecule has 2 aliphatic rings. The molecule has 2 aliphatic heterocycles. The first kappa shape index (κ1) is 19.3. The van der Waals surface area contributed by atoms with Crippen molar-refractivity contribution in [3.63, 3.8) is 0 Å². The quantitative estimate of drug-likeness (QED) is 0.259. The number of hydrogen-bond donors (Lipinski definition) is 1. The minimum absolute atomic E-state index is 0.0150. The average Bonchev–Trinajstić information content (AvgIpc) is 3.17. The fourth-order valence-corrected chi connectivity index (χ4v) is 3.30. The summed E-state index contributed by atoms with van der Waals surface area (Å²) in [4.78, 5) is 37.5. The molecule has 10 nitrogen and oxygen atoms in total. The molecule has 0 spiro atoms. The van der Waals surface area contributed by atoms with Crippen molar-refractivity contribution in [2.24, 2.45) is 0 Å². The molecule has 0 aliphatic carbocycles. The molecular weight excluding hydrogens is 414 g/mol. The van der Waals surface area contributed by atoms with Crippen LogP contribution in [0.1, 0.15) is 5.56 Å². The summed E-state index contributed by atoms with van der Waals surface area (Å²) < 4.78 is 15.6. The van der Waals surface area contributed by atoms with E-state index in [-0.39, 0.29) is 40.2 Å². The maximum atomic E-state index is 13.1. The van der Waals surface area contributed by atoms with Gasteiger partial charge in [0.2, 0.25) is 6.79 Å². The lowest BCUT2D eigenvalue weighted by Gasteiger charge is -2.29. The Hall–Kier alpha value is -3.99. The number of hydrogen-bond acceptors (Lipinski definition) is 8. The minimum Gasteiger partial charge on any atom is -0.497 e. The molecule has 30 heavy (non-hydrogen) atoms. The van der Waals surface area contributed by atoms with Crippen molar-refractivity contribution in [1.29, 1.82) is 0 Å². The predicted molar refractivity (Wildman–Crippen MR) is 108 cm³/mol. The van der Waals surface area contributed by atoms with Gasteiger partial charge in [-0.25, -0.2) is 0 Å². The van der Waals surface area contributed by atoms with E-state index in [1.165, 1.54) is 19.2 Å². The fourth-order valence-electron chi connectivity index (χ4n) is 3.02. The zero-order valence-electron chi connectivity index (χ0n) is 15.4. The molecular formula is C19H13N3O7S. The summed E-state index contributed by atoms with van der Waals surface area (Å²) in [7, 11) is 1.47. The third kappa shape index (κ3) is 3.31. The lowest BCUT2D eigenvalue weighted by atomic mass is 10.0. The summed E-state index contributed by atoms with van der Waals surface area (Å²) in [5.41, 5.74) is -0.279. The Labute approximate surface area is 174 Å². The number of carbonyl (C=O) groups excluding carboxylic acids is 2. The van der Waals surface area contributed by atoms with Crippen LogP contribution in [0.5, 0.6) is 17.2 Å². The molecule has 0 unspecified atom stereocenters. The summed E-state index contributed by atoms with van der Waals surface area (Å²) in [6.45, 7) is -0.0795. The van der Waals surface area contributed by atoms with Gasteiger partial charge in [-0.15, -0.1) is 0 Å². The molecule has 152 valence electrons. The van der Waals surface area contributed by atoms with E-state index in [9.17, 15) is 19.7 Å². The molecule has 1 saturated heterocycles. The summed E-state index contributed by atoms with van der Waals surface area (Å²) >= 11 is 5.15. The number of carbonyl (C=O) groups is 2. The van der Waals surface area contributed by atoms with Gasteiger partial charge in [0.1, 0.15) is 11.3 Å². The molecule has 0 radical (unpaired) electrons. The lowest BCUT2D eigenvalue weighted by molar-refractivity contribution is -0.385. The van der Waals surface area contributed by atoms with E-state index in [0.29, 0.717) is 11.4 Å². The highest BCUT2D eigenvalue weighted by molar-refractivity contribution is 7.80. The monoisotopic (exact) mass is 427 g/mol. The fraction of sp³-hybridized carbons (Fsp3) is 0.105. The maximum absolute atomic E-state index is 13.1. The normalized spacial score (nSPS) is 16.6. The van der Waals surface area contributed by atoms with Gasteiger partial charge in [0.25, 0.3) is 17.5 Å². The van der Waals surface area contributed by atoms with Crippen molar-refractivity contribution in [2.45, 2.75) is 0 Å². The molecule has 0 bridgehead atoms. The highest BCUT2D eigenvalue weighted by Crippen LogP contribution is 2.39. The molecule has 0 saturated carbocycles. The van der Waals surface area contributed by atoms with E-state index in [1.807, 2.05) is 0 Å². The average molecular weight is 427 g/mol. The van der Waals surface area contributed by atoms with Crippen molar-refractivity contribution in [2.75, 3.05) is 18.8 Å². The van der Waals surface area contributed by atoms with Gasteiger partial charge in [-0.2, -0.15) is 0 Å². The molecule has 0 aromatic heterocycles. The van der Waals surface area contributed by atoms with Gasteiger partial charge >= 0.3 is 0 Å². The summed E-state index contributed by atoms with van der Waals surface area (Å²) in [5, 5.41) is 13.8. The van der Waals surface area contributed by atoms with Crippen LogP contribution < -0.4 is 24.4 Å². The number of amides is 2. The Morgan fingerprint density at radius 2 is 1.97 bits per heavy atom. The van der Waals surface area contributed by atoms with Crippen LogP contribution in [0.2, 0.25) is 0 Å². The predicted octanol–water partition coefficient (Wildman–Crippen LogP) is 2.16. The SMILES string of the molecule is COc1cccc(N2C(=O)/C(=C\c3cc4c(cc3[N+](=O)[O-])OCO4)C(=O)NC2=S)c1. The van der Waals surface area contributed by atoms with Crippen LogP contribution >= 0.6 is 12.2 Å². The number of ether oxygens (including phenoxy) is 3. The van der Waals surface area contributed by atoms with Crippen molar-refractivity contribution in [3.05, 3.63) is 57.6 Å². The van der Waals surface area contributed by atoms with Gasteiger partial charge in [-0.1, -0.05) is 6.07 Å². The number of fused-ring (bicyclic) bond motifs is 1. The molecule has 0 atom stereocenters. The van der Waals surface area contributed by atoms with Gasteiger partial charge in [0, 0.05) is 6.07 Å². The third-order valence-corrected chi connectivity index (χ3v) is 4.72. The maximum Gasteiger partial charge on any atom is 0.280 e. The van der Waals surface area contributed by atoms with E-state index in [2.05, 4.69) is 5.32 Å². The number of nitrogens with one attached hydrogen (secondary N) is 1. The van der Waals surface area contributed by atoms with Crippen molar-refractivity contribution >= 4 is 46.6 Å². The first-order valence-electron chi connectivity index (χ1n) is 8.52. The molecule has 1 N–H and O–H groups in total. The Morgan fingerprint density at radius 3 is 2.67 bits per heavy atom. The van der Waals surface area contributed by atoms with E-state index < -0.39 is 16.7 Å². The van der Waals surface area contributed by atoms with Crippen molar-refractivity contribution in [1.82, 2.24) is 5.32 Å². The van der Waals surface area contributed by atoms with E-state index in [1.54, 1.807) is 24.3 Å². The summed E-state index contributed by atoms with van der Waals surface area (Å²) in [5.74, 6) is -0.532. The van der Waals surface area contributed by atoms with Crippen molar-refractivity contribution < 1.29 is 28.7 Å². The van der Waals surface area contributed by atoms with Gasteiger partial charge in [-0.05, 0) is 36.5 Å². The largest absolute Gasteiger partial charge is 0.497 e. The first-order chi connectivity index (χ1) is 14.4. The summed E-state index contributed by atoms with van der Waals surface area (Å²) in [6.07, 6.45) is 1.13. The lowest BCUT2D eigenvalue weighted by Crippen LogP contribution is -2.54. The van der Waals surface area contributed by atoms with Gasteiger partial charge in [-0.3, -0.25) is 29.9 Å². The second-order valence-electron chi connectivity index (χ2n) is 6.18. The highest BCUT2D eigenvalue weighted by Gasteiger charge is 2.35. The Bertz CT molecular complexity index is 1140. The van der Waals surface area contributed by atoms with E-state index in [4.69, 9.17) is 26.4 Å². The number of thiocarbonyl (C=S) groups is 1. The molecule has 4 rings (SSSR count). The Kier molecular flexibility index (Phi) is 4.80. The standard InChI is InChI=1S/C19H13N3O7S/c1-27-12-4-2-3-11(7-12)21-18(24)13(17(23)20-19(21)30)5-10-6-15-16(29-9-28-15)8-14(10)22(25)26/h2-8H,9H2,1H3,(H,20,23,30)/b13-5-. The van der Waals surface area contributed by atoms with Crippen LogP contribution in [0.3, 0.4) is 0 Å². The van der Waals surface area contributed by atoms with Gasteiger partial charge in [0.15, 0.2) is 16.6 Å².